The molecule has 8 nitrogen and oxygen atoms in total. The topological polar surface area (TPSA) is 86.3 Å². The first-order valence-corrected chi connectivity index (χ1v) is 9.09. The Balaban J connectivity index is 1.83. The number of hydrogen-bond acceptors (Lipinski definition) is 5. The fourth-order valence-corrected chi connectivity index (χ4v) is 3.15. The average Bonchev–Trinajstić information content (AvgIpc) is 3.29. The molecule has 11 heteroatoms. The second kappa shape index (κ2) is 7.42. The molecular weight excluding hydrogens is 413 g/mol. The lowest BCUT2D eigenvalue weighted by Gasteiger charge is -2.12. The lowest BCUT2D eigenvalue weighted by molar-refractivity contribution is -0.142. The fraction of sp³-hybridized carbons (Fsp3) is 0.200. The van der Waals surface area contributed by atoms with Gasteiger partial charge in [-0.2, -0.15) is 23.4 Å². The molecule has 0 unspecified atom stereocenters. The minimum atomic E-state index is -4.71. The number of carbonyl (C=O) groups excluding carboxylic acids is 1. The number of aryl methyl sites for hydroxylation is 2. The maximum absolute atomic E-state index is 13.7. The summed E-state index contributed by atoms with van der Waals surface area (Å²) in [5.41, 5.74) is 0.146. The summed E-state index contributed by atoms with van der Waals surface area (Å²) < 4.78 is 48.4. The molecule has 0 radical (unpaired) electrons. The van der Waals surface area contributed by atoms with Gasteiger partial charge in [-0.05, 0) is 37.3 Å². The van der Waals surface area contributed by atoms with Gasteiger partial charge < -0.3 is 10.1 Å². The van der Waals surface area contributed by atoms with Crippen molar-refractivity contribution in [3.8, 4) is 17.0 Å². The van der Waals surface area contributed by atoms with Crippen LogP contribution in [0.15, 0.2) is 42.7 Å². The molecule has 3 aromatic heterocycles. The molecule has 0 atom stereocenters. The lowest BCUT2D eigenvalue weighted by Crippen LogP contribution is -2.16. The minimum absolute atomic E-state index is 0.0505. The normalized spacial score (nSPS) is 11.7. The van der Waals surface area contributed by atoms with E-state index >= 15 is 0 Å². The van der Waals surface area contributed by atoms with Crippen LogP contribution in [0.3, 0.4) is 0 Å². The van der Waals surface area contributed by atoms with E-state index in [-0.39, 0.29) is 16.9 Å². The van der Waals surface area contributed by atoms with E-state index in [0.29, 0.717) is 27.2 Å². The van der Waals surface area contributed by atoms with E-state index in [4.69, 9.17) is 4.74 Å². The van der Waals surface area contributed by atoms with Crippen molar-refractivity contribution in [1.82, 2.24) is 24.4 Å². The number of aromatic nitrogens is 5. The molecule has 0 saturated carbocycles. The Morgan fingerprint density at radius 1 is 1.19 bits per heavy atom. The second-order valence-corrected chi connectivity index (χ2v) is 6.80. The Morgan fingerprint density at radius 3 is 2.48 bits per heavy atom. The van der Waals surface area contributed by atoms with Gasteiger partial charge in [0.05, 0.1) is 30.4 Å². The summed E-state index contributed by atoms with van der Waals surface area (Å²) in [4.78, 5) is 17.1. The van der Waals surface area contributed by atoms with Gasteiger partial charge in [-0.15, -0.1) is 0 Å². The third-order valence-electron chi connectivity index (χ3n) is 4.65. The lowest BCUT2D eigenvalue weighted by atomic mass is 10.1. The Labute approximate surface area is 174 Å². The highest BCUT2D eigenvalue weighted by Gasteiger charge is 2.36. The van der Waals surface area contributed by atoms with E-state index in [1.54, 1.807) is 44.4 Å². The van der Waals surface area contributed by atoms with Crippen LogP contribution in [0.5, 0.6) is 5.75 Å². The number of fused-ring (bicyclic) bond motifs is 1. The van der Waals surface area contributed by atoms with Crippen molar-refractivity contribution in [1.29, 1.82) is 0 Å². The van der Waals surface area contributed by atoms with E-state index in [1.807, 2.05) is 0 Å². The Morgan fingerprint density at radius 2 is 1.90 bits per heavy atom. The van der Waals surface area contributed by atoms with Crippen molar-refractivity contribution in [2.24, 2.45) is 7.05 Å². The Hall–Kier alpha value is -3.89. The van der Waals surface area contributed by atoms with Crippen LogP contribution in [0, 0.1) is 6.92 Å². The zero-order chi connectivity index (χ0) is 22.3. The molecule has 1 N–H and O–H groups in total. The number of rotatable bonds is 4. The van der Waals surface area contributed by atoms with Gasteiger partial charge in [0, 0.05) is 18.8 Å². The highest BCUT2D eigenvalue weighted by Crippen LogP contribution is 2.33. The number of halogens is 3. The number of alkyl halides is 3. The number of methoxy groups -OCH3 is 1. The van der Waals surface area contributed by atoms with Crippen LogP contribution in [0.2, 0.25) is 0 Å². The van der Waals surface area contributed by atoms with E-state index in [0.717, 1.165) is 12.3 Å². The fourth-order valence-electron chi connectivity index (χ4n) is 3.15. The van der Waals surface area contributed by atoms with E-state index in [1.165, 1.54) is 11.8 Å². The summed E-state index contributed by atoms with van der Waals surface area (Å²) in [7, 11) is 3.18. The van der Waals surface area contributed by atoms with Gasteiger partial charge >= 0.3 is 6.18 Å². The van der Waals surface area contributed by atoms with Crippen molar-refractivity contribution in [2.45, 2.75) is 13.1 Å². The zero-order valence-electron chi connectivity index (χ0n) is 16.7. The molecule has 0 aliphatic heterocycles. The van der Waals surface area contributed by atoms with E-state index in [2.05, 4.69) is 20.5 Å². The number of nitrogens with zero attached hydrogens (tertiary/aromatic N) is 5. The maximum atomic E-state index is 13.7. The second-order valence-electron chi connectivity index (χ2n) is 6.80. The largest absolute Gasteiger partial charge is 0.497 e. The quantitative estimate of drug-likeness (QED) is 0.533. The third-order valence-corrected chi connectivity index (χ3v) is 4.65. The molecule has 0 saturated heterocycles. The predicted octanol–water partition coefficient (Wildman–Crippen LogP) is 3.72. The predicted molar refractivity (Wildman–Crippen MR) is 106 cm³/mol. The Kier molecular flexibility index (Phi) is 4.88. The van der Waals surface area contributed by atoms with Crippen molar-refractivity contribution >= 4 is 17.2 Å². The molecular formula is C20H17F3N6O2. The van der Waals surface area contributed by atoms with Crippen LogP contribution in [0.25, 0.3) is 16.9 Å². The average molecular weight is 430 g/mol. The summed E-state index contributed by atoms with van der Waals surface area (Å²) in [5, 5.41) is 10.5. The van der Waals surface area contributed by atoms with Crippen LogP contribution in [0.1, 0.15) is 21.7 Å². The molecule has 0 spiro atoms. The summed E-state index contributed by atoms with van der Waals surface area (Å²) in [5.74, 6) is -0.0873. The summed E-state index contributed by atoms with van der Waals surface area (Å²) >= 11 is 0. The van der Waals surface area contributed by atoms with Crippen LogP contribution in [-0.2, 0) is 13.2 Å². The highest BCUT2D eigenvalue weighted by molar-refractivity contribution is 6.08. The SMILES string of the molecule is COc1ccc(-c2cc(C(F)(F)F)n3ncc(C(=O)Nc4cn(C)nc4C)c3n2)cc1. The van der Waals surface area contributed by atoms with Crippen molar-refractivity contribution in [3.63, 3.8) is 0 Å². The van der Waals surface area contributed by atoms with Gasteiger partial charge in [0.25, 0.3) is 5.91 Å². The van der Waals surface area contributed by atoms with Gasteiger partial charge in [0.2, 0.25) is 0 Å². The molecule has 160 valence electrons. The van der Waals surface area contributed by atoms with Crippen LogP contribution in [0.4, 0.5) is 18.9 Å². The molecule has 0 aliphatic rings. The van der Waals surface area contributed by atoms with Gasteiger partial charge in [0.15, 0.2) is 11.3 Å². The first kappa shape index (κ1) is 20.4. The van der Waals surface area contributed by atoms with Crippen LogP contribution in [-0.4, -0.2) is 37.4 Å². The molecule has 0 fully saturated rings. The van der Waals surface area contributed by atoms with Crippen molar-refractivity contribution < 1.29 is 22.7 Å². The van der Waals surface area contributed by atoms with Gasteiger partial charge in [-0.1, -0.05) is 0 Å². The summed E-state index contributed by atoms with van der Waals surface area (Å²) in [6.07, 6.45) is -2.05. The standard InChI is InChI=1S/C20H17F3N6O2/c1-11-16(10-28(2)27-11)26-19(30)14-9-24-29-17(20(21,22)23)8-15(25-18(14)29)12-4-6-13(31-3)7-5-12/h4-10H,1-3H3,(H,26,30). The van der Waals surface area contributed by atoms with Crippen molar-refractivity contribution in [3.05, 3.63) is 59.7 Å². The van der Waals surface area contributed by atoms with Crippen molar-refractivity contribution in [2.75, 3.05) is 12.4 Å². The third kappa shape index (κ3) is 3.81. The number of amides is 1. The van der Waals surface area contributed by atoms with Gasteiger partial charge in [-0.25, -0.2) is 9.50 Å². The molecule has 3 heterocycles. The van der Waals surface area contributed by atoms with E-state index in [9.17, 15) is 18.0 Å². The van der Waals surface area contributed by atoms with Gasteiger partial charge in [-0.3, -0.25) is 9.48 Å². The minimum Gasteiger partial charge on any atom is -0.497 e. The molecule has 0 aliphatic carbocycles. The molecule has 4 aromatic rings. The molecule has 1 amide bonds. The number of benzene rings is 1. The Bertz CT molecular complexity index is 1270. The molecule has 4 rings (SSSR count). The molecule has 0 bridgehead atoms. The number of carbonyl (C=O) groups is 1. The number of anilines is 1. The summed E-state index contributed by atoms with van der Waals surface area (Å²) in [6.45, 7) is 1.70. The first-order chi connectivity index (χ1) is 14.7. The maximum Gasteiger partial charge on any atom is 0.433 e. The summed E-state index contributed by atoms with van der Waals surface area (Å²) in [6, 6.07) is 7.31. The number of ether oxygens (including phenoxy) is 1. The number of nitrogens with one attached hydrogen (secondary N) is 1. The zero-order valence-corrected chi connectivity index (χ0v) is 16.7. The van der Waals surface area contributed by atoms with Gasteiger partial charge in [0.1, 0.15) is 11.3 Å². The highest BCUT2D eigenvalue weighted by atomic mass is 19.4. The van der Waals surface area contributed by atoms with Crippen LogP contribution >= 0.6 is 0 Å². The molecule has 1 aromatic carbocycles. The monoisotopic (exact) mass is 430 g/mol. The van der Waals surface area contributed by atoms with E-state index < -0.39 is 17.8 Å². The smallest absolute Gasteiger partial charge is 0.433 e. The number of hydrogen-bond donors (Lipinski definition) is 1. The molecule has 31 heavy (non-hydrogen) atoms. The first-order valence-electron chi connectivity index (χ1n) is 9.09. The van der Waals surface area contributed by atoms with Crippen LogP contribution < -0.4 is 10.1 Å².